The maximum Gasteiger partial charge on any atom is 0.305 e. The zero-order chi connectivity index (χ0) is 12.2. The number of carbonyl (C=O) groups excluding carboxylic acids is 1. The van der Waals surface area contributed by atoms with E-state index in [-0.39, 0.29) is 5.97 Å². The number of hydrogen-bond acceptors (Lipinski definition) is 3. The van der Waals surface area contributed by atoms with Gasteiger partial charge in [0.2, 0.25) is 0 Å². The molecular weight excluding hydrogens is 202 g/mol. The van der Waals surface area contributed by atoms with Gasteiger partial charge in [0.1, 0.15) is 0 Å². The van der Waals surface area contributed by atoms with Crippen molar-refractivity contribution >= 4 is 5.97 Å². The summed E-state index contributed by atoms with van der Waals surface area (Å²) in [6.07, 6.45) is 2.76. The van der Waals surface area contributed by atoms with Gasteiger partial charge >= 0.3 is 5.97 Å². The Hall–Kier alpha value is -0.570. The number of rotatable bonds is 4. The molecule has 0 N–H and O–H groups in total. The van der Waals surface area contributed by atoms with Crippen molar-refractivity contribution in [2.75, 3.05) is 26.7 Å². The van der Waals surface area contributed by atoms with Gasteiger partial charge < -0.3 is 9.64 Å². The Bertz CT molecular complexity index is 233. The van der Waals surface area contributed by atoms with Gasteiger partial charge in [0.05, 0.1) is 7.11 Å². The van der Waals surface area contributed by atoms with Crippen molar-refractivity contribution in [2.24, 2.45) is 11.3 Å². The molecule has 16 heavy (non-hydrogen) atoms. The maximum atomic E-state index is 11.0. The quantitative estimate of drug-likeness (QED) is 0.690. The SMILES string of the molecule is COC(=O)CCCN1CCC(C(C)(C)C)C1. The summed E-state index contributed by atoms with van der Waals surface area (Å²) in [5.74, 6) is 0.706. The second-order valence-electron chi connectivity index (χ2n) is 5.83. The van der Waals surface area contributed by atoms with Crippen molar-refractivity contribution in [1.29, 1.82) is 0 Å². The average Bonchev–Trinajstić information content (AvgIpc) is 2.65. The molecule has 0 aromatic heterocycles. The van der Waals surface area contributed by atoms with Crippen LogP contribution in [0.3, 0.4) is 0 Å². The van der Waals surface area contributed by atoms with E-state index in [1.54, 1.807) is 0 Å². The lowest BCUT2D eigenvalue weighted by Gasteiger charge is -2.27. The van der Waals surface area contributed by atoms with E-state index in [9.17, 15) is 4.79 Å². The first-order valence-electron chi connectivity index (χ1n) is 6.22. The molecule has 0 amide bonds. The summed E-state index contributed by atoms with van der Waals surface area (Å²) in [5.41, 5.74) is 0.414. The highest BCUT2D eigenvalue weighted by atomic mass is 16.5. The number of hydrogen-bond donors (Lipinski definition) is 0. The van der Waals surface area contributed by atoms with E-state index in [2.05, 4.69) is 30.4 Å². The van der Waals surface area contributed by atoms with Crippen LogP contribution in [-0.2, 0) is 9.53 Å². The fourth-order valence-corrected chi connectivity index (χ4v) is 2.29. The van der Waals surface area contributed by atoms with Crippen LogP contribution in [0.5, 0.6) is 0 Å². The van der Waals surface area contributed by atoms with Crippen molar-refractivity contribution in [1.82, 2.24) is 4.90 Å². The summed E-state index contributed by atoms with van der Waals surface area (Å²) in [4.78, 5) is 13.4. The second kappa shape index (κ2) is 5.67. The molecule has 0 aromatic rings. The zero-order valence-electron chi connectivity index (χ0n) is 11.1. The van der Waals surface area contributed by atoms with Crippen LogP contribution >= 0.6 is 0 Å². The van der Waals surface area contributed by atoms with Crippen molar-refractivity contribution in [3.8, 4) is 0 Å². The van der Waals surface area contributed by atoms with E-state index in [0.29, 0.717) is 11.8 Å². The minimum Gasteiger partial charge on any atom is -0.469 e. The van der Waals surface area contributed by atoms with Gasteiger partial charge in [0.15, 0.2) is 0 Å². The smallest absolute Gasteiger partial charge is 0.305 e. The molecule has 0 aliphatic carbocycles. The molecule has 1 aliphatic rings. The third-order valence-electron chi connectivity index (χ3n) is 3.58. The molecule has 1 fully saturated rings. The summed E-state index contributed by atoms with van der Waals surface area (Å²) in [7, 11) is 1.45. The van der Waals surface area contributed by atoms with Gasteiger partial charge in [-0.05, 0) is 37.3 Å². The fraction of sp³-hybridized carbons (Fsp3) is 0.923. The molecule has 1 heterocycles. The molecule has 0 aromatic carbocycles. The van der Waals surface area contributed by atoms with E-state index in [4.69, 9.17) is 0 Å². The molecule has 94 valence electrons. The molecule has 0 saturated carbocycles. The highest BCUT2D eigenvalue weighted by Gasteiger charge is 2.31. The van der Waals surface area contributed by atoms with Crippen molar-refractivity contribution in [3.05, 3.63) is 0 Å². The van der Waals surface area contributed by atoms with Crippen LogP contribution < -0.4 is 0 Å². The van der Waals surface area contributed by atoms with Crippen molar-refractivity contribution < 1.29 is 9.53 Å². The first-order valence-corrected chi connectivity index (χ1v) is 6.22. The first-order chi connectivity index (χ1) is 7.43. The van der Waals surface area contributed by atoms with Crippen LogP contribution in [-0.4, -0.2) is 37.6 Å². The third-order valence-corrected chi connectivity index (χ3v) is 3.58. The molecule has 1 unspecified atom stereocenters. The lowest BCUT2D eigenvalue weighted by Crippen LogP contribution is -2.27. The van der Waals surface area contributed by atoms with Crippen LogP contribution in [0.1, 0.15) is 40.0 Å². The Morgan fingerprint density at radius 2 is 2.12 bits per heavy atom. The normalized spacial score (nSPS) is 22.4. The number of nitrogens with zero attached hydrogens (tertiary/aromatic N) is 1. The predicted octanol–water partition coefficient (Wildman–Crippen LogP) is 2.31. The molecule has 0 radical (unpaired) electrons. The van der Waals surface area contributed by atoms with Gasteiger partial charge in [-0.1, -0.05) is 20.8 Å². The van der Waals surface area contributed by atoms with E-state index in [0.717, 1.165) is 18.9 Å². The van der Waals surface area contributed by atoms with Crippen LogP contribution in [0.2, 0.25) is 0 Å². The molecule has 3 heteroatoms. The number of likely N-dealkylation sites (tertiary alicyclic amines) is 1. The van der Waals surface area contributed by atoms with Crippen molar-refractivity contribution in [3.63, 3.8) is 0 Å². The topological polar surface area (TPSA) is 29.5 Å². The Morgan fingerprint density at radius 1 is 1.44 bits per heavy atom. The molecule has 0 bridgehead atoms. The molecule has 1 atom stereocenters. The van der Waals surface area contributed by atoms with E-state index in [1.165, 1.54) is 26.6 Å². The Balaban J connectivity index is 2.19. The van der Waals surface area contributed by atoms with Gasteiger partial charge in [-0.3, -0.25) is 4.79 Å². The Labute approximate surface area is 99.1 Å². The third kappa shape index (κ3) is 4.12. The average molecular weight is 227 g/mol. The Kier molecular flexibility index (Phi) is 4.78. The van der Waals surface area contributed by atoms with Crippen LogP contribution in [0, 0.1) is 11.3 Å². The first kappa shape index (κ1) is 13.5. The summed E-state index contributed by atoms with van der Waals surface area (Å²) < 4.78 is 4.63. The minimum absolute atomic E-state index is 0.0911. The number of carbonyl (C=O) groups is 1. The van der Waals surface area contributed by atoms with Gasteiger partial charge in [-0.2, -0.15) is 0 Å². The highest BCUT2D eigenvalue weighted by Crippen LogP contribution is 2.33. The number of methoxy groups -OCH3 is 1. The summed E-state index contributed by atoms with van der Waals surface area (Å²) in [6.45, 7) is 10.3. The second-order valence-corrected chi connectivity index (χ2v) is 5.83. The maximum absolute atomic E-state index is 11.0. The summed E-state index contributed by atoms with van der Waals surface area (Å²) in [5, 5.41) is 0. The van der Waals surface area contributed by atoms with E-state index < -0.39 is 0 Å². The van der Waals surface area contributed by atoms with Crippen LogP contribution in [0.15, 0.2) is 0 Å². The molecule has 1 rings (SSSR count). The predicted molar refractivity (Wildman–Crippen MR) is 65.3 cm³/mol. The molecule has 0 spiro atoms. The monoisotopic (exact) mass is 227 g/mol. The standard InChI is InChI=1S/C13H25NO2/c1-13(2,3)11-7-9-14(10-11)8-5-6-12(15)16-4/h11H,5-10H2,1-4H3. The largest absolute Gasteiger partial charge is 0.469 e. The fourth-order valence-electron chi connectivity index (χ4n) is 2.29. The molecular formula is C13H25NO2. The summed E-state index contributed by atoms with van der Waals surface area (Å²) >= 11 is 0. The van der Waals surface area contributed by atoms with Gasteiger partial charge in [-0.25, -0.2) is 0 Å². The van der Waals surface area contributed by atoms with Gasteiger partial charge in [0, 0.05) is 13.0 Å². The number of ether oxygens (including phenoxy) is 1. The Morgan fingerprint density at radius 3 is 2.62 bits per heavy atom. The summed E-state index contributed by atoms with van der Waals surface area (Å²) in [6, 6.07) is 0. The lowest BCUT2D eigenvalue weighted by atomic mass is 9.80. The lowest BCUT2D eigenvalue weighted by molar-refractivity contribution is -0.140. The zero-order valence-corrected chi connectivity index (χ0v) is 11.1. The van der Waals surface area contributed by atoms with Gasteiger partial charge in [0.25, 0.3) is 0 Å². The van der Waals surface area contributed by atoms with E-state index in [1.807, 2.05) is 0 Å². The molecule has 1 aliphatic heterocycles. The highest BCUT2D eigenvalue weighted by molar-refractivity contribution is 5.69. The van der Waals surface area contributed by atoms with E-state index >= 15 is 0 Å². The van der Waals surface area contributed by atoms with Gasteiger partial charge in [-0.15, -0.1) is 0 Å². The van der Waals surface area contributed by atoms with Crippen LogP contribution in [0.4, 0.5) is 0 Å². The molecule has 3 nitrogen and oxygen atoms in total. The molecule has 1 saturated heterocycles. The van der Waals surface area contributed by atoms with Crippen LogP contribution in [0.25, 0.3) is 0 Å². The minimum atomic E-state index is -0.0911. The van der Waals surface area contributed by atoms with Crippen molar-refractivity contribution in [2.45, 2.75) is 40.0 Å². The number of esters is 1.